The molecule has 0 saturated carbocycles. The average molecular weight is 739 g/mol. The van der Waals surface area contributed by atoms with Gasteiger partial charge < -0.3 is 24.0 Å². The summed E-state index contributed by atoms with van der Waals surface area (Å²) >= 11 is 0. The highest BCUT2D eigenvalue weighted by Crippen LogP contribution is 2.20. The number of esters is 2. The van der Waals surface area contributed by atoms with Gasteiger partial charge in [-0.2, -0.15) is 0 Å². The molecule has 306 valence electrons. The second-order valence-electron chi connectivity index (χ2n) is 14.9. The van der Waals surface area contributed by atoms with E-state index in [1.54, 1.807) is 0 Å². The lowest BCUT2D eigenvalue weighted by Crippen LogP contribution is -2.39. The Morgan fingerprint density at radius 3 is 1.48 bits per heavy atom. The van der Waals surface area contributed by atoms with Crippen molar-refractivity contribution in [3.05, 3.63) is 0 Å². The van der Waals surface area contributed by atoms with Crippen LogP contribution in [0.3, 0.4) is 0 Å². The van der Waals surface area contributed by atoms with Gasteiger partial charge in [-0.25, -0.2) is 0 Å². The number of unbranched alkanes of at least 4 members (excludes halogenated alkanes) is 14. The van der Waals surface area contributed by atoms with E-state index < -0.39 is 0 Å². The van der Waals surface area contributed by atoms with E-state index in [0.717, 1.165) is 83.8 Å². The van der Waals surface area contributed by atoms with Gasteiger partial charge in [0.15, 0.2) is 0 Å². The monoisotopic (exact) mass is 739 g/mol. The van der Waals surface area contributed by atoms with Crippen molar-refractivity contribution in [2.75, 3.05) is 52.5 Å². The SMILES string of the molecule is CCCCCCCC(=O)N(CCCCN(CC)CC)CC(COC=O)COC(=O)CCCCCCC(=O)OCC(CCCCCC)CCCCCC. The number of carbonyl (C=O) groups is 4. The molecule has 9 nitrogen and oxygen atoms in total. The zero-order valence-electron chi connectivity index (χ0n) is 34.6. The zero-order chi connectivity index (χ0) is 38.5. The number of hydrogen-bond donors (Lipinski definition) is 0. The Balaban J connectivity index is 4.66. The molecule has 52 heavy (non-hydrogen) atoms. The summed E-state index contributed by atoms with van der Waals surface area (Å²) in [5.74, 6) is -0.0789. The highest BCUT2D eigenvalue weighted by Gasteiger charge is 2.21. The summed E-state index contributed by atoms with van der Waals surface area (Å²) in [5, 5.41) is 0. The first-order valence-electron chi connectivity index (χ1n) is 21.7. The maximum atomic E-state index is 13.3. The largest absolute Gasteiger partial charge is 0.467 e. The van der Waals surface area contributed by atoms with Crippen LogP contribution >= 0.6 is 0 Å². The molecule has 0 aliphatic heterocycles. The average Bonchev–Trinajstić information content (AvgIpc) is 3.15. The lowest BCUT2D eigenvalue weighted by atomic mass is 9.95. The lowest BCUT2D eigenvalue weighted by Gasteiger charge is -2.28. The summed E-state index contributed by atoms with van der Waals surface area (Å²) in [6.07, 6.45) is 24.0. The summed E-state index contributed by atoms with van der Waals surface area (Å²) < 4.78 is 16.4. The fourth-order valence-corrected chi connectivity index (χ4v) is 6.66. The number of carbonyl (C=O) groups excluding carboxylic acids is 4. The van der Waals surface area contributed by atoms with E-state index in [4.69, 9.17) is 14.2 Å². The van der Waals surface area contributed by atoms with Crippen LogP contribution in [-0.4, -0.2) is 86.7 Å². The number of amides is 1. The molecule has 0 N–H and O–H groups in total. The Bertz CT molecular complexity index is 839. The van der Waals surface area contributed by atoms with Gasteiger partial charge in [-0.3, -0.25) is 19.2 Å². The minimum Gasteiger partial charge on any atom is -0.467 e. The first kappa shape index (κ1) is 49.8. The van der Waals surface area contributed by atoms with Crippen LogP contribution in [0.25, 0.3) is 0 Å². The van der Waals surface area contributed by atoms with E-state index in [0.29, 0.717) is 57.8 Å². The first-order chi connectivity index (χ1) is 25.3. The molecule has 0 aliphatic rings. The van der Waals surface area contributed by atoms with Crippen molar-refractivity contribution in [1.29, 1.82) is 0 Å². The molecular formula is C43H82N2O7. The van der Waals surface area contributed by atoms with Crippen molar-refractivity contribution in [2.24, 2.45) is 11.8 Å². The molecule has 0 rings (SSSR count). The number of nitrogens with zero attached hydrogens (tertiary/aromatic N) is 2. The summed E-state index contributed by atoms with van der Waals surface area (Å²) in [5.41, 5.74) is 0. The van der Waals surface area contributed by atoms with Crippen LogP contribution in [0.2, 0.25) is 0 Å². The lowest BCUT2D eigenvalue weighted by molar-refractivity contribution is -0.147. The van der Waals surface area contributed by atoms with Crippen LogP contribution in [0.5, 0.6) is 0 Å². The van der Waals surface area contributed by atoms with Gasteiger partial charge >= 0.3 is 11.9 Å². The molecular weight excluding hydrogens is 656 g/mol. The van der Waals surface area contributed by atoms with E-state index in [9.17, 15) is 19.2 Å². The Kier molecular flexibility index (Phi) is 35.6. The van der Waals surface area contributed by atoms with Crippen molar-refractivity contribution in [3.63, 3.8) is 0 Å². The molecule has 0 saturated heterocycles. The molecule has 0 bridgehead atoms. The van der Waals surface area contributed by atoms with Crippen LogP contribution in [-0.2, 0) is 33.4 Å². The summed E-state index contributed by atoms with van der Waals surface area (Å²) in [6.45, 7) is 16.2. The normalized spacial score (nSPS) is 11.9. The minimum absolute atomic E-state index is 0.102. The fraction of sp³-hybridized carbons (Fsp3) is 0.907. The molecule has 0 aromatic rings. The second-order valence-corrected chi connectivity index (χ2v) is 14.9. The highest BCUT2D eigenvalue weighted by molar-refractivity contribution is 5.76. The molecule has 0 fully saturated rings. The van der Waals surface area contributed by atoms with Gasteiger partial charge in [0.05, 0.1) is 19.8 Å². The Labute approximate surface area is 320 Å². The predicted molar refractivity (Wildman–Crippen MR) is 213 cm³/mol. The molecule has 1 amide bonds. The molecule has 0 aliphatic carbocycles. The number of hydrogen-bond acceptors (Lipinski definition) is 8. The van der Waals surface area contributed by atoms with Crippen molar-refractivity contribution >= 4 is 24.3 Å². The minimum atomic E-state index is -0.285. The van der Waals surface area contributed by atoms with Crippen LogP contribution in [0, 0.1) is 11.8 Å². The maximum Gasteiger partial charge on any atom is 0.305 e. The molecule has 0 heterocycles. The molecule has 0 aromatic heterocycles. The highest BCUT2D eigenvalue weighted by atomic mass is 16.5. The van der Waals surface area contributed by atoms with Gasteiger partial charge in [-0.05, 0) is 70.5 Å². The number of ether oxygens (including phenoxy) is 3. The summed E-state index contributed by atoms with van der Waals surface area (Å²) in [6, 6.07) is 0. The maximum absolute atomic E-state index is 13.3. The van der Waals surface area contributed by atoms with Gasteiger partial charge in [0.25, 0.3) is 6.47 Å². The molecule has 9 heteroatoms. The quantitative estimate of drug-likeness (QED) is 0.0266. The van der Waals surface area contributed by atoms with Crippen LogP contribution < -0.4 is 0 Å². The molecule has 0 aromatic carbocycles. The van der Waals surface area contributed by atoms with Gasteiger partial charge in [-0.15, -0.1) is 0 Å². The molecule has 1 unspecified atom stereocenters. The van der Waals surface area contributed by atoms with E-state index in [1.807, 2.05) is 4.90 Å². The van der Waals surface area contributed by atoms with Crippen molar-refractivity contribution in [2.45, 2.75) is 189 Å². The smallest absolute Gasteiger partial charge is 0.305 e. The van der Waals surface area contributed by atoms with Gasteiger partial charge in [0.1, 0.15) is 0 Å². The van der Waals surface area contributed by atoms with Crippen molar-refractivity contribution < 1.29 is 33.4 Å². The van der Waals surface area contributed by atoms with E-state index in [1.165, 1.54) is 64.2 Å². The van der Waals surface area contributed by atoms with Crippen LogP contribution in [0.4, 0.5) is 0 Å². The van der Waals surface area contributed by atoms with Crippen molar-refractivity contribution in [1.82, 2.24) is 9.80 Å². The third-order valence-corrected chi connectivity index (χ3v) is 10.2. The summed E-state index contributed by atoms with van der Waals surface area (Å²) in [7, 11) is 0. The van der Waals surface area contributed by atoms with E-state index >= 15 is 0 Å². The van der Waals surface area contributed by atoms with Gasteiger partial charge in [0.2, 0.25) is 5.91 Å². The summed E-state index contributed by atoms with van der Waals surface area (Å²) in [4.78, 5) is 53.7. The topological polar surface area (TPSA) is 102 Å². The Hall–Kier alpha value is -2.16. The molecule has 1 atom stereocenters. The zero-order valence-corrected chi connectivity index (χ0v) is 34.6. The predicted octanol–water partition coefficient (Wildman–Crippen LogP) is 10.1. The van der Waals surface area contributed by atoms with E-state index in [-0.39, 0.29) is 37.0 Å². The molecule has 0 spiro atoms. The first-order valence-corrected chi connectivity index (χ1v) is 21.7. The van der Waals surface area contributed by atoms with Crippen LogP contribution in [0.1, 0.15) is 189 Å². The molecule has 0 radical (unpaired) electrons. The fourth-order valence-electron chi connectivity index (χ4n) is 6.66. The van der Waals surface area contributed by atoms with Gasteiger partial charge in [0, 0.05) is 38.3 Å². The third kappa shape index (κ3) is 30.3. The second kappa shape index (κ2) is 37.2. The van der Waals surface area contributed by atoms with E-state index in [2.05, 4.69) is 39.5 Å². The van der Waals surface area contributed by atoms with Crippen molar-refractivity contribution in [3.8, 4) is 0 Å². The van der Waals surface area contributed by atoms with Crippen LogP contribution in [0.15, 0.2) is 0 Å². The third-order valence-electron chi connectivity index (χ3n) is 10.2. The Morgan fingerprint density at radius 1 is 0.519 bits per heavy atom. The Morgan fingerprint density at radius 2 is 0.981 bits per heavy atom. The van der Waals surface area contributed by atoms with Gasteiger partial charge in [-0.1, -0.05) is 125 Å². The number of rotatable bonds is 39. The standard InChI is InChI=1S/C43H82N2O7/c1-6-11-14-17-22-29-41(47)45(33-26-25-32-44(9-4)10-5)34-40(35-50-38-46)37-52-43(49)31-24-19-18-23-30-42(48)51-36-39(27-20-15-12-7-2)28-21-16-13-8-3/h38-40H,6-37H2,1-5H3.